The zero-order valence-corrected chi connectivity index (χ0v) is 16.2. The van der Waals surface area contributed by atoms with Gasteiger partial charge in [-0.3, -0.25) is 9.59 Å². The van der Waals surface area contributed by atoms with E-state index in [1.54, 1.807) is 26.8 Å². The Balaban J connectivity index is 1.60. The van der Waals surface area contributed by atoms with Crippen LogP contribution in [0.2, 0.25) is 0 Å². The zero-order valence-electron chi connectivity index (χ0n) is 16.2. The summed E-state index contributed by atoms with van der Waals surface area (Å²) in [7, 11) is 0. The quantitative estimate of drug-likeness (QED) is 0.621. The van der Waals surface area contributed by atoms with Crippen molar-refractivity contribution in [3.8, 4) is 0 Å². The third-order valence-electron chi connectivity index (χ3n) is 4.60. The van der Waals surface area contributed by atoms with Gasteiger partial charge in [0, 0.05) is 36.7 Å². The van der Waals surface area contributed by atoms with Crippen LogP contribution in [0.4, 0.5) is 9.18 Å². The molecule has 2 N–H and O–H groups in total. The first-order chi connectivity index (χ1) is 13.2. The van der Waals surface area contributed by atoms with E-state index in [9.17, 15) is 18.8 Å². The molecule has 28 heavy (non-hydrogen) atoms. The molecule has 0 saturated carbocycles. The summed E-state index contributed by atoms with van der Waals surface area (Å²) in [6, 6.07) is 4.44. The molecule has 1 unspecified atom stereocenters. The van der Waals surface area contributed by atoms with E-state index in [0.29, 0.717) is 31.6 Å². The van der Waals surface area contributed by atoms with E-state index in [4.69, 9.17) is 4.74 Å². The number of likely N-dealkylation sites (tertiary alicyclic amines) is 1. The van der Waals surface area contributed by atoms with Gasteiger partial charge in [0.15, 0.2) is 0 Å². The maximum absolute atomic E-state index is 14.1. The van der Waals surface area contributed by atoms with Crippen molar-refractivity contribution >= 4 is 28.7 Å². The van der Waals surface area contributed by atoms with Gasteiger partial charge in [-0.25, -0.2) is 9.18 Å². The monoisotopic (exact) mass is 389 g/mol. The van der Waals surface area contributed by atoms with Crippen LogP contribution < -0.4 is 5.32 Å². The average Bonchev–Trinajstić information content (AvgIpc) is 3.25. The lowest BCUT2D eigenvalue weighted by Crippen LogP contribution is -2.38. The largest absolute Gasteiger partial charge is 0.444 e. The molecule has 0 spiro atoms. The molecule has 7 nitrogen and oxygen atoms in total. The number of alkyl carbamates (subject to hydrolysis) is 1. The minimum atomic E-state index is -0.739. The number of rotatable bonds is 4. The number of hydrogen-bond donors (Lipinski definition) is 2. The highest BCUT2D eigenvalue weighted by Gasteiger charge is 2.32. The number of aromatic nitrogens is 1. The number of carbonyl (C=O) groups is 3. The number of benzene rings is 1. The summed E-state index contributed by atoms with van der Waals surface area (Å²) in [5.74, 6) is -1.92. The van der Waals surface area contributed by atoms with E-state index >= 15 is 0 Å². The number of ketones is 1. The molecule has 0 radical (unpaired) electrons. The minimum Gasteiger partial charge on any atom is -0.444 e. The Kier molecular flexibility index (Phi) is 5.40. The van der Waals surface area contributed by atoms with Gasteiger partial charge in [-0.05, 0) is 45.2 Å². The first-order valence-electron chi connectivity index (χ1n) is 9.22. The summed E-state index contributed by atoms with van der Waals surface area (Å²) in [5, 5.41) is 2.82. The normalized spacial score (nSPS) is 17.0. The van der Waals surface area contributed by atoms with E-state index in [0.717, 1.165) is 0 Å². The third-order valence-corrected chi connectivity index (χ3v) is 4.60. The lowest BCUT2D eigenvalue weighted by molar-refractivity contribution is -0.125. The van der Waals surface area contributed by atoms with Crippen molar-refractivity contribution in [2.45, 2.75) is 32.8 Å². The van der Waals surface area contributed by atoms with Gasteiger partial charge in [-0.15, -0.1) is 0 Å². The summed E-state index contributed by atoms with van der Waals surface area (Å²) in [6.07, 6.45) is 1.52. The molecule has 2 aromatic rings. The predicted molar refractivity (Wildman–Crippen MR) is 102 cm³/mol. The zero-order chi connectivity index (χ0) is 20.5. The fourth-order valence-electron chi connectivity index (χ4n) is 3.30. The molecule has 3 rings (SSSR count). The number of halogens is 1. The number of amides is 2. The first kappa shape index (κ1) is 19.9. The molecular formula is C20H24FN3O4. The van der Waals surface area contributed by atoms with Crippen LogP contribution in [-0.4, -0.2) is 52.9 Å². The molecular weight excluding hydrogens is 365 g/mol. The highest BCUT2D eigenvalue weighted by atomic mass is 19.1. The Morgan fingerprint density at radius 3 is 2.79 bits per heavy atom. The molecule has 150 valence electrons. The van der Waals surface area contributed by atoms with Gasteiger partial charge in [0.2, 0.25) is 0 Å². The number of hydrogen-bond acceptors (Lipinski definition) is 4. The number of H-pyrrole nitrogens is 1. The molecule has 0 aliphatic carbocycles. The van der Waals surface area contributed by atoms with Crippen molar-refractivity contribution in [2.75, 3.05) is 19.6 Å². The Bertz CT molecular complexity index is 916. The van der Waals surface area contributed by atoms with Crippen molar-refractivity contribution < 1.29 is 23.5 Å². The van der Waals surface area contributed by atoms with Crippen LogP contribution in [0, 0.1) is 11.7 Å². The number of aromatic amines is 1. The Morgan fingerprint density at radius 2 is 2.07 bits per heavy atom. The fraction of sp³-hybridized carbons (Fsp3) is 0.450. The smallest absolute Gasteiger partial charge is 0.407 e. The lowest BCUT2D eigenvalue weighted by atomic mass is 10.1. The minimum absolute atomic E-state index is 0.0315. The third kappa shape index (κ3) is 4.32. The second kappa shape index (κ2) is 7.61. The fourth-order valence-corrected chi connectivity index (χ4v) is 3.30. The van der Waals surface area contributed by atoms with Crippen molar-refractivity contribution in [1.29, 1.82) is 0 Å². The molecule has 1 aliphatic heterocycles. The van der Waals surface area contributed by atoms with Crippen molar-refractivity contribution in [3.05, 3.63) is 35.8 Å². The number of Topliss-reactive ketones (excluding diaryl/α,β-unsaturated/α-hetero) is 1. The van der Waals surface area contributed by atoms with Crippen LogP contribution in [0.3, 0.4) is 0 Å². The van der Waals surface area contributed by atoms with Crippen LogP contribution >= 0.6 is 0 Å². The topological polar surface area (TPSA) is 91.5 Å². The van der Waals surface area contributed by atoms with E-state index in [1.165, 1.54) is 23.2 Å². The number of nitrogens with zero attached hydrogens (tertiary/aromatic N) is 1. The second-order valence-corrected chi connectivity index (χ2v) is 7.98. The molecule has 1 atom stereocenters. The highest BCUT2D eigenvalue weighted by molar-refractivity contribution is 6.44. The van der Waals surface area contributed by atoms with Gasteiger partial charge in [0.05, 0.1) is 5.56 Å². The van der Waals surface area contributed by atoms with Crippen LogP contribution in [0.5, 0.6) is 0 Å². The predicted octanol–water partition coefficient (Wildman–Crippen LogP) is 2.86. The van der Waals surface area contributed by atoms with Gasteiger partial charge in [0.1, 0.15) is 11.4 Å². The molecule has 1 aromatic heterocycles. The summed E-state index contributed by atoms with van der Waals surface area (Å²) in [4.78, 5) is 41.2. The maximum atomic E-state index is 14.1. The lowest BCUT2D eigenvalue weighted by Gasteiger charge is -2.20. The SMILES string of the molecule is CC(C)(C)OC(=O)NCC1CCN(C(=O)C(=O)c2c[nH]c3cccc(F)c23)C1. The molecule has 2 heterocycles. The molecule has 0 bridgehead atoms. The number of nitrogens with one attached hydrogen (secondary N) is 2. The van der Waals surface area contributed by atoms with E-state index in [1.807, 2.05) is 0 Å². The molecule has 1 aromatic carbocycles. The summed E-state index contributed by atoms with van der Waals surface area (Å²) in [5.41, 5.74) is -0.0755. The standard InChI is InChI=1S/C20H24FN3O4/c1-20(2,3)28-19(27)23-9-12-7-8-24(11-12)18(26)17(25)13-10-22-15-6-4-5-14(21)16(13)15/h4-6,10,12,22H,7-9,11H2,1-3H3,(H,23,27). The highest BCUT2D eigenvalue weighted by Crippen LogP contribution is 2.24. The van der Waals surface area contributed by atoms with E-state index in [-0.39, 0.29) is 16.9 Å². The summed E-state index contributed by atoms with van der Waals surface area (Å²) in [6.45, 7) is 6.46. The Morgan fingerprint density at radius 1 is 1.32 bits per heavy atom. The van der Waals surface area contributed by atoms with Gasteiger partial charge < -0.3 is 19.9 Å². The Hall–Kier alpha value is -2.90. The van der Waals surface area contributed by atoms with Crippen molar-refractivity contribution in [3.63, 3.8) is 0 Å². The summed E-state index contributed by atoms with van der Waals surface area (Å²) >= 11 is 0. The molecule has 1 saturated heterocycles. The second-order valence-electron chi connectivity index (χ2n) is 7.98. The van der Waals surface area contributed by atoms with Crippen molar-refractivity contribution in [2.24, 2.45) is 5.92 Å². The molecule has 1 aliphatic rings. The summed E-state index contributed by atoms with van der Waals surface area (Å²) < 4.78 is 19.3. The number of ether oxygens (including phenoxy) is 1. The molecule has 2 amide bonds. The van der Waals surface area contributed by atoms with Gasteiger partial charge in [-0.2, -0.15) is 0 Å². The van der Waals surface area contributed by atoms with Gasteiger partial charge >= 0.3 is 6.09 Å². The molecule has 8 heteroatoms. The van der Waals surface area contributed by atoms with Crippen LogP contribution in [0.15, 0.2) is 24.4 Å². The number of carbonyl (C=O) groups excluding carboxylic acids is 3. The maximum Gasteiger partial charge on any atom is 0.407 e. The number of fused-ring (bicyclic) bond motifs is 1. The van der Waals surface area contributed by atoms with E-state index < -0.39 is 29.2 Å². The van der Waals surface area contributed by atoms with E-state index in [2.05, 4.69) is 10.3 Å². The van der Waals surface area contributed by atoms with Gasteiger partial charge in [0.25, 0.3) is 11.7 Å². The van der Waals surface area contributed by atoms with Gasteiger partial charge in [-0.1, -0.05) is 6.07 Å². The first-order valence-corrected chi connectivity index (χ1v) is 9.22. The van der Waals surface area contributed by atoms with Crippen LogP contribution in [0.25, 0.3) is 10.9 Å². The average molecular weight is 389 g/mol. The van der Waals surface area contributed by atoms with Crippen LogP contribution in [-0.2, 0) is 9.53 Å². The van der Waals surface area contributed by atoms with Crippen molar-refractivity contribution in [1.82, 2.24) is 15.2 Å². The Labute approximate surface area is 162 Å². The van der Waals surface area contributed by atoms with Crippen LogP contribution in [0.1, 0.15) is 37.6 Å². The molecule has 1 fully saturated rings.